The molecule has 1 aromatic heterocycles. The summed E-state index contributed by atoms with van der Waals surface area (Å²) in [5, 5.41) is 7.15. The summed E-state index contributed by atoms with van der Waals surface area (Å²) in [6.45, 7) is 4.21. The normalized spacial score (nSPS) is 24.5. The van der Waals surface area contributed by atoms with Gasteiger partial charge in [0, 0.05) is 24.6 Å². The summed E-state index contributed by atoms with van der Waals surface area (Å²) in [6.07, 6.45) is 10.5. The number of rotatable bonds is 3. The molecule has 116 valence electrons. The van der Waals surface area contributed by atoms with Crippen molar-refractivity contribution in [2.45, 2.75) is 70.3 Å². The Hall–Kier alpha value is -1.16. The zero-order chi connectivity index (χ0) is 14.5. The Bertz CT molecular complexity index is 446. The standard InChI is InChI=1S/C17H28N4/c1-13-19-16(14-7-6-10-18-12-14)11-17(20-13)21-15-8-4-2-3-5-9-15/h11,14-15,18H,2-10,12H2,1H3,(H,19,20,21). The van der Waals surface area contributed by atoms with Crippen LogP contribution >= 0.6 is 0 Å². The van der Waals surface area contributed by atoms with E-state index in [4.69, 9.17) is 0 Å². The molecule has 1 aromatic rings. The van der Waals surface area contributed by atoms with Crippen LogP contribution in [0, 0.1) is 6.92 Å². The molecule has 2 aliphatic rings. The molecule has 2 N–H and O–H groups in total. The first-order valence-electron chi connectivity index (χ1n) is 8.64. The molecule has 0 bridgehead atoms. The van der Waals surface area contributed by atoms with Gasteiger partial charge >= 0.3 is 0 Å². The van der Waals surface area contributed by atoms with E-state index in [1.807, 2.05) is 6.92 Å². The number of nitrogens with zero attached hydrogens (tertiary/aromatic N) is 2. The topological polar surface area (TPSA) is 49.8 Å². The third-order valence-electron chi connectivity index (χ3n) is 4.78. The lowest BCUT2D eigenvalue weighted by molar-refractivity contribution is 0.453. The summed E-state index contributed by atoms with van der Waals surface area (Å²) < 4.78 is 0. The molecule has 4 nitrogen and oxygen atoms in total. The fourth-order valence-corrected chi connectivity index (χ4v) is 3.61. The van der Waals surface area contributed by atoms with E-state index in [1.54, 1.807) is 0 Å². The number of piperidine rings is 1. The van der Waals surface area contributed by atoms with Crippen LogP contribution in [0.1, 0.15) is 68.8 Å². The highest BCUT2D eigenvalue weighted by Gasteiger charge is 2.19. The third-order valence-corrected chi connectivity index (χ3v) is 4.78. The van der Waals surface area contributed by atoms with Crippen LogP contribution in [0.15, 0.2) is 6.07 Å². The molecule has 1 saturated carbocycles. The van der Waals surface area contributed by atoms with Gasteiger partial charge in [-0.15, -0.1) is 0 Å². The molecule has 0 amide bonds. The maximum Gasteiger partial charge on any atom is 0.130 e. The zero-order valence-electron chi connectivity index (χ0n) is 13.2. The third kappa shape index (κ3) is 4.16. The van der Waals surface area contributed by atoms with Crippen LogP contribution in [0.5, 0.6) is 0 Å². The minimum Gasteiger partial charge on any atom is -0.367 e. The highest BCUT2D eigenvalue weighted by molar-refractivity contribution is 5.38. The second-order valence-corrected chi connectivity index (χ2v) is 6.60. The van der Waals surface area contributed by atoms with E-state index in [-0.39, 0.29) is 0 Å². The lowest BCUT2D eigenvalue weighted by Gasteiger charge is -2.23. The Morgan fingerprint density at radius 1 is 1.05 bits per heavy atom. The molecular weight excluding hydrogens is 260 g/mol. The van der Waals surface area contributed by atoms with Crippen molar-refractivity contribution in [3.8, 4) is 0 Å². The van der Waals surface area contributed by atoms with Gasteiger partial charge in [-0.2, -0.15) is 0 Å². The summed E-state index contributed by atoms with van der Waals surface area (Å²) in [6, 6.07) is 2.79. The van der Waals surface area contributed by atoms with E-state index in [2.05, 4.69) is 26.7 Å². The van der Waals surface area contributed by atoms with Gasteiger partial charge in [-0.25, -0.2) is 9.97 Å². The van der Waals surface area contributed by atoms with Crippen molar-refractivity contribution >= 4 is 5.82 Å². The molecule has 2 heterocycles. The van der Waals surface area contributed by atoms with Gasteiger partial charge in [0.1, 0.15) is 11.6 Å². The van der Waals surface area contributed by atoms with E-state index in [0.717, 1.165) is 24.7 Å². The molecule has 0 spiro atoms. The fraction of sp³-hybridized carbons (Fsp3) is 0.765. The Morgan fingerprint density at radius 2 is 1.86 bits per heavy atom. The van der Waals surface area contributed by atoms with Gasteiger partial charge in [-0.05, 0) is 39.2 Å². The molecule has 3 rings (SSSR count). The average Bonchev–Trinajstić information content (AvgIpc) is 2.76. The minimum atomic E-state index is 0.551. The summed E-state index contributed by atoms with van der Waals surface area (Å²) >= 11 is 0. The van der Waals surface area contributed by atoms with E-state index in [9.17, 15) is 0 Å². The van der Waals surface area contributed by atoms with Crippen molar-refractivity contribution in [1.82, 2.24) is 15.3 Å². The van der Waals surface area contributed by atoms with E-state index < -0.39 is 0 Å². The zero-order valence-corrected chi connectivity index (χ0v) is 13.2. The van der Waals surface area contributed by atoms with Crippen molar-refractivity contribution in [2.24, 2.45) is 0 Å². The monoisotopic (exact) mass is 288 g/mol. The summed E-state index contributed by atoms with van der Waals surface area (Å²) in [5.74, 6) is 2.49. The highest BCUT2D eigenvalue weighted by atomic mass is 15.0. The van der Waals surface area contributed by atoms with Crippen molar-refractivity contribution in [1.29, 1.82) is 0 Å². The van der Waals surface area contributed by atoms with Crippen LogP contribution in [0.2, 0.25) is 0 Å². The van der Waals surface area contributed by atoms with Crippen molar-refractivity contribution in [2.75, 3.05) is 18.4 Å². The van der Waals surface area contributed by atoms with Gasteiger partial charge in [0.05, 0.1) is 5.69 Å². The number of anilines is 1. The molecule has 4 heteroatoms. The van der Waals surface area contributed by atoms with E-state index >= 15 is 0 Å². The molecular formula is C17H28N4. The molecule has 0 aromatic carbocycles. The molecule has 1 atom stereocenters. The van der Waals surface area contributed by atoms with E-state index in [0.29, 0.717) is 12.0 Å². The predicted octanol–water partition coefficient (Wildman–Crippen LogP) is 3.39. The molecule has 1 aliphatic heterocycles. The molecule has 1 saturated heterocycles. The van der Waals surface area contributed by atoms with Crippen molar-refractivity contribution in [3.05, 3.63) is 17.6 Å². The van der Waals surface area contributed by atoms with Crippen molar-refractivity contribution < 1.29 is 0 Å². The van der Waals surface area contributed by atoms with E-state index in [1.165, 1.54) is 57.1 Å². The van der Waals surface area contributed by atoms with Crippen LogP contribution in [0.3, 0.4) is 0 Å². The predicted molar refractivity (Wildman–Crippen MR) is 86.7 cm³/mol. The number of hydrogen-bond donors (Lipinski definition) is 2. The van der Waals surface area contributed by atoms with Crippen molar-refractivity contribution in [3.63, 3.8) is 0 Å². The van der Waals surface area contributed by atoms with Gasteiger partial charge in [-0.1, -0.05) is 25.7 Å². The molecule has 0 radical (unpaired) electrons. The Kier molecular flexibility index (Phi) is 5.07. The van der Waals surface area contributed by atoms with Crippen LogP contribution in [-0.4, -0.2) is 29.1 Å². The summed E-state index contributed by atoms with van der Waals surface area (Å²) in [5.41, 5.74) is 1.21. The molecule has 21 heavy (non-hydrogen) atoms. The molecule has 1 aliphatic carbocycles. The largest absolute Gasteiger partial charge is 0.367 e. The van der Waals surface area contributed by atoms with Gasteiger partial charge in [0.15, 0.2) is 0 Å². The molecule has 2 fully saturated rings. The van der Waals surface area contributed by atoms with Gasteiger partial charge in [0.25, 0.3) is 0 Å². The first-order chi connectivity index (χ1) is 10.3. The Morgan fingerprint density at radius 3 is 2.57 bits per heavy atom. The molecule has 1 unspecified atom stereocenters. The quantitative estimate of drug-likeness (QED) is 0.837. The Labute approximate surface area is 128 Å². The lowest BCUT2D eigenvalue weighted by atomic mass is 9.96. The van der Waals surface area contributed by atoms with Crippen LogP contribution in [0.25, 0.3) is 0 Å². The maximum atomic E-state index is 4.68. The smallest absolute Gasteiger partial charge is 0.130 e. The highest BCUT2D eigenvalue weighted by Crippen LogP contribution is 2.25. The lowest BCUT2D eigenvalue weighted by Crippen LogP contribution is -2.29. The van der Waals surface area contributed by atoms with Gasteiger partial charge < -0.3 is 10.6 Å². The SMILES string of the molecule is Cc1nc(NC2CCCCCC2)cc(C2CCCNC2)n1. The number of aromatic nitrogens is 2. The number of hydrogen-bond acceptors (Lipinski definition) is 4. The first kappa shape index (κ1) is 14.8. The number of aryl methyl sites for hydroxylation is 1. The first-order valence-corrected chi connectivity index (χ1v) is 8.64. The maximum absolute atomic E-state index is 4.68. The second-order valence-electron chi connectivity index (χ2n) is 6.60. The van der Waals surface area contributed by atoms with Crippen LogP contribution < -0.4 is 10.6 Å². The number of nitrogens with one attached hydrogen (secondary N) is 2. The summed E-state index contributed by atoms with van der Waals surface area (Å²) in [7, 11) is 0. The minimum absolute atomic E-state index is 0.551. The van der Waals surface area contributed by atoms with Crippen LogP contribution in [0.4, 0.5) is 5.82 Å². The second kappa shape index (κ2) is 7.21. The van der Waals surface area contributed by atoms with Gasteiger partial charge in [0.2, 0.25) is 0 Å². The van der Waals surface area contributed by atoms with Crippen LogP contribution in [-0.2, 0) is 0 Å². The average molecular weight is 288 g/mol. The Balaban J connectivity index is 1.70. The summed E-state index contributed by atoms with van der Waals surface area (Å²) in [4.78, 5) is 9.29. The van der Waals surface area contributed by atoms with Gasteiger partial charge in [-0.3, -0.25) is 0 Å². The fourth-order valence-electron chi connectivity index (χ4n) is 3.61.